The summed E-state index contributed by atoms with van der Waals surface area (Å²) in [6, 6.07) is 11.6. The van der Waals surface area contributed by atoms with E-state index in [1.54, 1.807) is 17.9 Å². The average Bonchev–Trinajstić information content (AvgIpc) is 2.96. The van der Waals surface area contributed by atoms with E-state index in [1.807, 2.05) is 43.3 Å². The zero-order valence-electron chi connectivity index (χ0n) is 13.7. The maximum Gasteiger partial charge on any atom is 0.226 e. The van der Waals surface area contributed by atoms with Gasteiger partial charge in [0.1, 0.15) is 0 Å². The van der Waals surface area contributed by atoms with Crippen LogP contribution in [0.4, 0.5) is 0 Å². The van der Waals surface area contributed by atoms with Gasteiger partial charge in [-0.3, -0.25) is 14.5 Å². The van der Waals surface area contributed by atoms with E-state index in [-0.39, 0.29) is 25.0 Å². The Morgan fingerprint density at radius 1 is 1.33 bits per heavy atom. The van der Waals surface area contributed by atoms with Crippen LogP contribution in [0, 0.1) is 0 Å². The molecule has 1 aromatic carbocycles. The van der Waals surface area contributed by atoms with E-state index in [0.717, 1.165) is 16.5 Å². The molecular formula is C18H20N4O2. The Morgan fingerprint density at radius 3 is 2.79 bits per heavy atom. The maximum absolute atomic E-state index is 12.3. The summed E-state index contributed by atoms with van der Waals surface area (Å²) in [5.74, 6) is -0.106. The average molecular weight is 324 g/mol. The molecule has 0 bridgehead atoms. The van der Waals surface area contributed by atoms with Crippen LogP contribution in [0.15, 0.2) is 42.6 Å². The second-order valence-electron chi connectivity index (χ2n) is 5.80. The van der Waals surface area contributed by atoms with Crippen LogP contribution < -0.4 is 5.32 Å². The van der Waals surface area contributed by atoms with Crippen molar-refractivity contribution in [3.8, 4) is 0 Å². The van der Waals surface area contributed by atoms with Gasteiger partial charge in [-0.25, -0.2) is 0 Å². The zero-order chi connectivity index (χ0) is 17.1. The second-order valence-corrected chi connectivity index (χ2v) is 5.80. The first-order valence-corrected chi connectivity index (χ1v) is 7.84. The third-order valence-electron chi connectivity index (χ3n) is 4.01. The lowest BCUT2D eigenvalue weighted by Gasteiger charge is -2.14. The fourth-order valence-corrected chi connectivity index (χ4v) is 2.83. The van der Waals surface area contributed by atoms with Crippen molar-refractivity contribution in [3.05, 3.63) is 59.5 Å². The molecule has 1 atom stereocenters. The highest BCUT2D eigenvalue weighted by molar-refractivity contribution is 5.83. The minimum absolute atomic E-state index is 0.0712. The zero-order valence-corrected chi connectivity index (χ0v) is 13.7. The highest BCUT2D eigenvalue weighted by Crippen LogP contribution is 2.18. The molecule has 3 rings (SSSR count). The predicted molar refractivity (Wildman–Crippen MR) is 91.1 cm³/mol. The van der Waals surface area contributed by atoms with Crippen molar-refractivity contribution in [2.75, 3.05) is 0 Å². The van der Waals surface area contributed by atoms with Gasteiger partial charge >= 0.3 is 0 Å². The third-order valence-corrected chi connectivity index (χ3v) is 4.01. The molecule has 6 nitrogen and oxygen atoms in total. The molecule has 0 aliphatic rings. The van der Waals surface area contributed by atoms with E-state index in [4.69, 9.17) is 0 Å². The number of nitrogens with one attached hydrogen (secondary N) is 1. The van der Waals surface area contributed by atoms with Gasteiger partial charge in [-0.15, -0.1) is 0 Å². The standard InChI is InChI=1S/C18H20N4O2/c1-12(13-6-4-3-5-7-13)20-17(24)9-15-8-14-10-19-22(2)18(14)16(11-23)21-15/h3-8,10,12,23H,9,11H2,1-2H3,(H,20,24)/t12-/m1/s1. The number of aliphatic hydroxyl groups is 1. The molecule has 0 aliphatic heterocycles. The van der Waals surface area contributed by atoms with Crippen LogP contribution in [-0.4, -0.2) is 25.8 Å². The number of rotatable bonds is 5. The summed E-state index contributed by atoms with van der Waals surface area (Å²) in [4.78, 5) is 16.7. The van der Waals surface area contributed by atoms with Gasteiger partial charge in [-0.05, 0) is 18.6 Å². The summed E-state index contributed by atoms with van der Waals surface area (Å²) in [5.41, 5.74) is 3.00. The number of pyridine rings is 1. The van der Waals surface area contributed by atoms with Crippen molar-refractivity contribution in [2.24, 2.45) is 7.05 Å². The van der Waals surface area contributed by atoms with Crippen LogP contribution in [0.2, 0.25) is 0 Å². The molecular weight excluding hydrogens is 304 g/mol. The summed E-state index contributed by atoms with van der Waals surface area (Å²) in [5, 5.41) is 17.5. The number of aromatic nitrogens is 3. The number of fused-ring (bicyclic) bond motifs is 1. The predicted octanol–water partition coefficient (Wildman–Crippen LogP) is 1.88. The van der Waals surface area contributed by atoms with E-state index in [0.29, 0.717) is 11.4 Å². The monoisotopic (exact) mass is 324 g/mol. The van der Waals surface area contributed by atoms with Crippen molar-refractivity contribution in [3.63, 3.8) is 0 Å². The van der Waals surface area contributed by atoms with Crippen LogP contribution in [0.5, 0.6) is 0 Å². The second kappa shape index (κ2) is 6.80. The fraction of sp³-hybridized carbons (Fsp3) is 0.278. The first-order valence-electron chi connectivity index (χ1n) is 7.84. The number of hydrogen-bond acceptors (Lipinski definition) is 4. The molecule has 0 saturated carbocycles. The Bertz CT molecular complexity index is 858. The summed E-state index contributed by atoms with van der Waals surface area (Å²) in [6.45, 7) is 1.76. The Balaban J connectivity index is 1.76. The Morgan fingerprint density at radius 2 is 2.08 bits per heavy atom. The number of hydrogen-bond donors (Lipinski definition) is 2. The highest BCUT2D eigenvalue weighted by Gasteiger charge is 2.14. The van der Waals surface area contributed by atoms with Crippen molar-refractivity contribution in [1.82, 2.24) is 20.1 Å². The number of carbonyl (C=O) groups is 1. The topological polar surface area (TPSA) is 80.0 Å². The van der Waals surface area contributed by atoms with E-state index in [9.17, 15) is 9.90 Å². The number of amides is 1. The van der Waals surface area contributed by atoms with Gasteiger partial charge in [0.15, 0.2) is 0 Å². The number of aryl methyl sites for hydroxylation is 1. The molecule has 1 amide bonds. The summed E-state index contributed by atoms with van der Waals surface area (Å²) in [7, 11) is 1.80. The number of benzene rings is 1. The first-order chi connectivity index (χ1) is 11.6. The molecule has 3 aromatic rings. The summed E-state index contributed by atoms with van der Waals surface area (Å²) in [6.07, 6.45) is 1.87. The molecule has 2 aromatic heterocycles. The SMILES string of the molecule is C[C@@H](NC(=O)Cc1cc2cnn(C)c2c(CO)n1)c1ccccc1. The minimum atomic E-state index is -0.189. The van der Waals surface area contributed by atoms with Gasteiger partial charge < -0.3 is 10.4 Å². The molecule has 0 radical (unpaired) electrons. The van der Waals surface area contributed by atoms with Gasteiger partial charge in [-0.2, -0.15) is 5.10 Å². The molecule has 6 heteroatoms. The van der Waals surface area contributed by atoms with E-state index >= 15 is 0 Å². The van der Waals surface area contributed by atoms with E-state index in [2.05, 4.69) is 15.4 Å². The molecule has 0 aliphatic carbocycles. The van der Waals surface area contributed by atoms with Crippen LogP contribution in [-0.2, 0) is 24.9 Å². The number of aliphatic hydroxyl groups excluding tert-OH is 1. The van der Waals surface area contributed by atoms with Gasteiger partial charge in [0.05, 0.1) is 42.2 Å². The van der Waals surface area contributed by atoms with Crippen LogP contribution in [0.1, 0.15) is 29.9 Å². The Kier molecular flexibility index (Phi) is 4.57. The molecule has 2 N–H and O–H groups in total. The first kappa shape index (κ1) is 16.1. The normalized spacial score (nSPS) is 12.3. The van der Waals surface area contributed by atoms with Crippen molar-refractivity contribution >= 4 is 16.8 Å². The molecule has 124 valence electrons. The summed E-state index contributed by atoms with van der Waals surface area (Å²) < 4.78 is 1.68. The van der Waals surface area contributed by atoms with Gasteiger partial charge in [0.2, 0.25) is 5.91 Å². The Hall–Kier alpha value is -2.73. The lowest BCUT2D eigenvalue weighted by atomic mass is 10.1. The molecule has 0 saturated heterocycles. The largest absolute Gasteiger partial charge is 0.390 e. The van der Waals surface area contributed by atoms with Crippen LogP contribution in [0.25, 0.3) is 10.9 Å². The van der Waals surface area contributed by atoms with Crippen molar-refractivity contribution < 1.29 is 9.90 Å². The lowest BCUT2D eigenvalue weighted by molar-refractivity contribution is -0.121. The molecule has 24 heavy (non-hydrogen) atoms. The Labute approximate surface area is 140 Å². The van der Waals surface area contributed by atoms with E-state index in [1.165, 1.54) is 0 Å². The lowest BCUT2D eigenvalue weighted by Crippen LogP contribution is -2.28. The van der Waals surface area contributed by atoms with Gasteiger partial charge in [0.25, 0.3) is 0 Å². The van der Waals surface area contributed by atoms with E-state index < -0.39 is 0 Å². The molecule has 0 unspecified atom stereocenters. The number of nitrogens with zero attached hydrogens (tertiary/aromatic N) is 3. The van der Waals surface area contributed by atoms with Crippen LogP contribution >= 0.6 is 0 Å². The van der Waals surface area contributed by atoms with Gasteiger partial charge in [0, 0.05) is 12.4 Å². The fourth-order valence-electron chi connectivity index (χ4n) is 2.83. The summed E-state index contributed by atoms with van der Waals surface area (Å²) >= 11 is 0. The molecule has 0 fully saturated rings. The smallest absolute Gasteiger partial charge is 0.226 e. The number of carbonyl (C=O) groups excluding carboxylic acids is 1. The van der Waals surface area contributed by atoms with Gasteiger partial charge in [-0.1, -0.05) is 30.3 Å². The van der Waals surface area contributed by atoms with Crippen molar-refractivity contribution in [2.45, 2.75) is 26.0 Å². The molecule has 2 heterocycles. The van der Waals surface area contributed by atoms with Crippen LogP contribution in [0.3, 0.4) is 0 Å². The molecule has 0 spiro atoms. The quantitative estimate of drug-likeness (QED) is 0.751. The highest BCUT2D eigenvalue weighted by atomic mass is 16.3. The van der Waals surface area contributed by atoms with Crippen molar-refractivity contribution in [1.29, 1.82) is 0 Å². The maximum atomic E-state index is 12.3. The minimum Gasteiger partial charge on any atom is -0.390 e. The third kappa shape index (κ3) is 3.28.